The number of hydrogen-bond acceptors (Lipinski definition) is 3. The summed E-state index contributed by atoms with van der Waals surface area (Å²) in [6.45, 7) is 0. The van der Waals surface area contributed by atoms with E-state index in [0.29, 0.717) is 16.5 Å². The molecule has 0 unspecified atom stereocenters. The van der Waals surface area contributed by atoms with Gasteiger partial charge >= 0.3 is 0 Å². The number of phenols is 2. The molecule has 1 aromatic carbocycles. The van der Waals surface area contributed by atoms with E-state index in [-0.39, 0.29) is 11.5 Å². The summed E-state index contributed by atoms with van der Waals surface area (Å²) in [7, 11) is 1.77. The molecule has 0 saturated heterocycles. The Morgan fingerprint density at radius 1 is 1.29 bits per heavy atom. The van der Waals surface area contributed by atoms with E-state index < -0.39 is 0 Å². The van der Waals surface area contributed by atoms with Crippen molar-refractivity contribution < 1.29 is 15.0 Å². The number of aldehydes is 1. The molecule has 0 fully saturated rings. The Balaban J connectivity index is 2.90. The minimum Gasteiger partial charge on any atom is -0.504 e. The summed E-state index contributed by atoms with van der Waals surface area (Å²) in [5, 5.41) is 19.2. The Hall–Kier alpha value is -1.97. The second kappa shape index (κ2) is 2.77. The number of carbonyl (C=O) groups is 1. The van der Waals surface area contributed by atoms with Crippen molar-refractivity contribution in [2.24, 2.45) is 7.05 Å². The molecule has 1 aromatic heterocycles. The van der Waals surface area contributed by atoms with Crippen LogP contribution in [0.25, 0.3) is 10.9 Å². The zero-order valence-electron chi connectivity index (χ0n) is 7.56. The van der Waals surface area contributed by atoms with Gasteiger partial charge in [0.05, 0.1) is 5.52 Å². The van der Waals surface area contributed by atoms with Crippen LogP contribution >= 0.6 is 0 Å². The summed E-state index contributed by atoms with van der Waals surface area (Å²) >= 11 is 0. The molecule has 0 spiro atoms. The number of carbonyl (C=O) groups excluding carboxylic acids is 1. The van der Waals surface area contributed by atoms with Gasteiger partial charge in [-0.25, -0.2) is 0 Å². The molecule has 0 bridgehead atoms. The smallest absolute Gasteiger partial charge is 0.159 e. The molecular weight excluding hydrogens is 182 g/mol. The third kappa shape index (κ3) is 1.04. The summed E-state index contributed by atoms with van der Waals surface area (Å²) in [5.74, 6) is -0.400. The highest BCUT2D eigenvalue weighted by atomic mass is 16.3. The molecule has 2 aromatic rings. The van der Waals surface area contributed by atoms with Gasteiger partial charge in [0, 0.05) is 30.3 Å². The van der Waals surface area contributed by atoms with Crippen LogP contribution in [0.2, 0.25) is 0 Å². The number of benzene rings is 1. The molecule has 0 aliphatic rings. The molecule has 4 heteroatoms. The summed E-state index contributed by atoms with van der Waals surface area (Å²) in [6, 6.07) is 2.81. The topological polar surface area (TPSA) is 62.5 Å². The molecule has 0 atom stereocenters. The van der Waals surface area contributed by atoms with Gasteiger partial charge in [0.25, 0.3) is 0 Å². The van der Waals surface area contributed by atoms with E-state index in [4.69, 9.17) is 0 Å². The Bertz CT molecular complexity index is 514. The first-order chi connectivity index (χ1) is 6.63. The van der Waals surface area contributed by atoms with Crippen LogP contribution in [0, 0.1) is 0 Å². The molecule has 0 aliphatic carbocycles. The number of rotatable bonds is 1. The van der Waals surface area contributed by atoms with Gasteiger partial charge in [-0.1, -0.05) is 0 Å². The van der Waals surface area contributed by atoms with E-state index in [0.717, 1.165) is 6.29 Å². The summed E-state index contributed by atoms with van der Waals surface area (Å²) < 4.78 is 1.72. The Morgan fingerprint density at radius 3 is 2.57 bits per heavy atom. The van der Waals surface area contributed by atoms with Crippen molar-refractivity contribution in [1.82, 2.24) is 4.57 Å². The molecule has 0 saturated carbocycles. The summed E-state index contributed by atoms with van der Waals surface area (Å²) in [6.07, 6.45) is 2.37. The monoisotopic (exact) mass is 191 g/mol. The van der Waals surface area contributed by atoms with Crippen LogP contribution < -0.4 is 0 Å². The highest BCUT2D eigenvalue weighted by Crippen LogP contribution is 2.31. The third-order valence-electron chi connectivity index (χ3n) is 2.24. The highest BCUT2D eigenvalue weighted by Gasteiger charge is 2.09. The first-order valence-electron chi connectivity index (χ1n) is 4.09. The van der Waals surface area contributed by atoms with Crippen molar-refractivity contribution in [3.8, 4) is 11.5 Å². The average Bonchev–Trinajstić information content (AvgIpc) is 2.45. The minimum atomic E-state index is -0.216. The minimum absolute atomic E-state index is 0.184. The molecule has 1 heterocycles. The van der Waals surface area contributed by atoms with E-state index >= 15 is 0 Å². The van der Waals surface area contributed by atoms with Gasteiger partial charge in [-0.3, -0.25) is 4.79 Å². The van der Waals surface area contributed by atoms with E-state index in [1.807, 2.05) is 0 Å². The van der Waals surface area contributed by atoms with Gasteiger partial charge in [0.1, 0.15) is 0 Å². The van der Waals surface area contributed by atoms with Gasteiger partial charge in [-0.15, -0.1) is 0 Å². The van der Waals surface area contributed by atoms with Crippen LogP contribution in [0.15, 0.2) is 18.3 Å². The van der Waals surface area contributed by atoms with Crippen molar-refractivity contribution in [2.75, 3.05) is 0 Å². The number of aromatic hydroxyl groups is 2. The number of aryl methyl sites for hydroxylation is 1. The van der Waals surface area contributed by atoms with Crippen LogP contribution in [0.1, 0.15) is 10.4 Å². The fraction of sp³-hybridized carbons (Fsp3) is 0.100. The second-order valence-corrected chi connectivity index (χ2v) is 3.17. The molecule has 14 heavy (non-hydrogen) atoms. The average molecular weight is 191 g/mol. The van der Waals surface area contributed by atoms with Gasteiger partial charge in [0.15, 0.2) is 17.8 Å². The largest absolute Gasteiger partial charge is 0.504 e. The molecule has 72 valence electrons. The van der Waals surface area contributed by atoms with Crippen molar-refractivity contribution in [3.05, 3.63) is 23.9 Å². The maximum atomic E-state index is 10.7. The van der Waals surface area contributed by atoms with Crippen molar-refractivity contribution in [1.29, 1.82) is 0 Å². The van der Waals surface area contributed by atoms with Gasteiger partial charge in [-0.05, 0) is 6.07 Å². The molecule has 4 nitrogen and oxygen atoms in total. The van der Waals surface area contributed by atoms with Gasteiger partial charge in [-0.2, -0.15) is 0 Å². The number of nitrogens with zero attached hydrogens (tertiary/aromatic N) is 1. The zero-order valence-corrected chi connectivity index (χ0v) is 7.56. The zero-order chi connectivity index (χ0) is 10.3. The summed E-state index contributed by atoms with van der Waals surface area (Å²) in [5.41, 5.74) is 1.21. The fourth-order valence-electron chi connectivity index (χ4n) is 1.53. The molecule has 0 radical (unpaired) electrons. The standard InChI is InChI=1S/C10H9NO3/c1-11-4-6(5-12)7-2-9(13)10(14)3-8(7)11/h2-5,13-14H,1H3. The van der Waals surface area contributed by atoms with E-state index in [1.165, 1.54) is 12.1 Å². The molecule has 0 amide bonds. The maximum absolute atomic E-state index is 10.7. The van der Waals surface area contributed by atoms with Crippen LogP contribution in [0.5, 0.6) is 11.5 Å². The predicted molar refractivity (Wildman–Crippen MR) is 51.6 cm³/mol. The lowest BCUT2D eigenvalue weighted by molar-refractivity contribution is 0.112. The predicted octanol–water partition coefficient (Wildman–Crippen LogP) is 1.40. The van der Waals surface area contributed by atoms with Crippen LogP contribution in [0.4, 0.5) is 0 Å². The normalized spacial score (nSPS) is 10.6. The van der Waals surface area contributed by atoms with E-state index in [2.05, 4.69) is 0 Å². The Morgan fingerprint density at radius 2 is 1.93 bits per heavy atom. The lowest BCUT2D eigenvalue weighted by atomic mass is 10.2. The van der Waals surface area contributed by atoms with E-state index in [9.17, 15) is 15.0 Å². The molecule has 2 N–H and O–H groups in total. The maximum Gasteiger partial charge on any atom is 0.159 e. The lowest BCUT2D eigenvalue weighted by Gasteiger charge is -1.99. The van der Waals surface area contributed by atoms with Crippen LogP contribution in [-0.2, 0) is 7.05 Å². The third-order valence-corrected chi connectivity index (χ3v) is 2.24. The fourth-order valence-corrected chi connectivity index (χ4v) is 1.53. The SMILES string of the molecule is Cn1cc(C=O)c2cc(O)c(O)cc21. The van der Waals surface area contributed by atoms with Crippen molar-refractivity contribution in [3.63, 3.8) is 0 Å². The number of fused-ring (bicyclic) bond motifs is 1. The lowest BCUT2D eigenvalue weighted by Crippen LogP contribution is -1.82. The number of hydrogen-bond donors (Lipinski definition) is 2. The summed E-state index contributed by atoms with van der Waals surface area (Å²) in [4.78, 5) is 10.7. The first kappa shape index (κ1) is 8.62. The quantitative estimate of drug-likeness (QED) is 0.529. The molecule has 2 rings (SSSR count). The van der Waals surface area contributed by atoms with Gasteiger partial charge < -0.3 is 14.8 Å². The van der Waals surface area contributed by atoms with Crippen molar-refractivity contribution >= 4 is 17.2 Å². The first-order valence-corrected chi connectivity index (χ1v) is 4.09. The van der Waals surface area contributed by atoms with Gasteiger partial charge in [0.2, 0.25) is 0 Å². The van der Waals surface area contributed by atoms with E-state index in [1.54, 1.807) is 17.8 Å². The number of phenolic OH excluding ortho intramolecular Hbond substituents is 2. The number of aromatic nitrogens is 1. The molecular formula is C10H9NO3. The van der Waals surface area contributed by atoms with Crippen LogP contribution in [-0.4, -0.2) is 21.1 Å². The Kier molecular flexibility index (Phi) is 1.70. The highest BCUT2D eigenvalue weighted by molar-refractivity contribution is 5.99. The second-order valence-electron chi connectivity index (χ2n) is 3.17. The van der Waals surface area contributed by atoms with Crippen molar-refractivity contribution in [2.45, 2.75) is 0 Å². The molecule has 0 aliphatic heterocycles. The van der Waals surface area contributed by atoms with Crippen LogP contribution in [0.3, 0.4) is 0 Å². The Labute approximate surface area is 80.0 Å².